The molecule has 126 valence electrons. The molecule has 5 nitrogen and oxygen atoms in total. The summed E-state index contributed by atoms with van der Waals surface area (Å²) in [4.78, 5) is 20.6. The number of nitrogens with one attached hydrogen (secondary N) is 1. The van der Waals surface area contributed by atoms with Crippen molar-refractivity contribution in [3.8, 4) is 17.1 Å². The number of halogens is 1. The van der Waals surface area contributed by atoms with Crippen molar-refractivity contribution in [2.24, 2.45) is 0 Å². The van der Waals surface area contributed by atoms with Crippen LogP contribution in [0.1, 0.15) is 10.4 Å². The fourth-order valence-electron chi connectivity index (χ4n) is 2.15. The Balaban J connectivity index is 1.49. The molecule has 1 aromatic heterocycles. The molecule has 0 aliphatic heterocycles. The summed E-state index contributed by atoms with van der Waals surface area (Å²) in [5, 5.41) is 3.42. The first-order valence-corrected chi connectivity index (χ1v) is 8.14. The van der Waals surface area contributed by atoms with Crippen molar-refractivity contribution in [1.29, 1.82) is 0 Å². The number of rotatable bonds is 6. The van der Waals surface area contributed by atoms with Gasteiger partial charge in [0.15, 0.2) is 5.82 Å². The van der Waals surface area contributed by atoms with E-state index in [2.05, 4.69) is 15.3 Å². The predicted molar refractivity (Wildman–Crippen MR) is 96.7 cm³/mol. The minimum absolute atomic E-state index is 0.237. The number of amides is 1. The zero-order chi connectivity index (χ0) is 17.5. The van der Waals surface area contributed by atoms with Gasteiger partial charge in [0.1, 0.15) is 12.4 Å². The standard InChI is InChI=1S/C19H16ClN3O2/c20-16-6-8-17(9-7-16)25-11-10-21-19(24)15-12-22-18(23-13-15)14-4-2-1-3-5-14/h1-9,12-13H,10-11H2,(H,21,24). The molecule has 0 atom stereocenters. The lowest BCUT2D eigenvalue weighted by Gasteiger charge is -2.08. The van der Waals surface area contributed by atoms with Gasteiger partial charge in [-0.3, -0.25) is 4.79 Å². The Morgan fingerprint density at radius 2 is 1.68 bits per heavy atom. The third kappa shape index (κ3) is 4.78. The zero-order valence-electron chi connectivity index (χ0n) is 13.4. The van der Waals surface area contributed by atoms with Gasteiger partial charge in [0.2, 0.25) is 0 Å². The first-order valence-electron chi connectivity index (χ1n) is 7.76. The molecule has 3 rings (SSSR count). The third-order valence-electron chi connectivity index (χ3n) is 3.42. The third-order valence-corrected chi connectivity index (χ3v) is 3.67. The number of benzene rings is 2. The van der Waals surface area contributed by atoms with Crippen molar-refractivity contribution in [3.63, 3.8) is 0 Å². The lowest BCUT2D eigenvalue weighted by Crippen LogP contribution is -2.28. The van der Waals surface area contributed by atoms with E-state index in [1.165, 1.54) is 12.4 Å². The highest BCUT2D eigenvalue weighted by Gasteiger charge is 2.07. The summed E-state index contributed by atoms with van der Waals surface area (Å²) in [6, 6.07) is 16.7. The molecular weight excluding hydrogens is 338 g/mol. The van der Waals surface area contributed by atoms with E-state index in [0.29, 0.717) is 35.3 Å². The molecule has 0 saturated carbocycles. The fraction of sp³-hybridized carbons (Fsp3) is 0.105. The second-order valence-electron chi connectivity index (χ2n) is 5.22. The molecular formula is C19H16ClN3O2. The number of carbonyl (C=O) groups excluding carboxylic acids is 1. The van der Waals surface area contributed by atoms with Crippen molar-refractivity contribution in [2.75, 3.05) is 13.2 Å². The molecule has 0 spiro atoms. The van der Waals surface area contributed by atoms with Crippen LogP contribution in [0, 0.1) is 0 Å². The van der Waals surface area contributed by atoms with Crippen LogP contribution < -0.4 is 10.1 Å². The van der Waals surface area contributed by atoms with Crippen LogP contribution in [0.15, 0.2) is 67.0 Å². The van der Waals surface area contributed by atoms with E-state index in [9.17, 15) is 4.79 Å². The van der Waals surface area contributed by atoms with Crippen LogP contribution in [-0.4, -0.2) is 29.0 Å². The molecule has 1 amide bonds. The van der Waals surface area contributed by atoms with Crippen LogP contribution >= 0.6 is 11.6 Å². The van der Waals surface area contributed by atoms with Crippen LogP contribution in [0.2, 0.25) is 5.02 Å². The second kappa shape index (κ2) is 8.26. The lowest BCUT2D eigenvalue weighted by molar-refractivity contribution is 0.0946. The van der Waals surface area contributed by atoms with Crippen molar-refractivity contribution in [3.05, 3.63) is 77.6 Å². The van der Waals surface area contributed by atoms with Crippen LogP contribution in [0.3, 0.4) is 0 Å². The van der Waals surface area contributed by atoms with E-state index in [1.807, 2.05) is 30.3 Å². The summed E-state index contributed by atoms with van der Waals surface area (Å²) in [6.45, 7) is 0.734. The SMILES string of the molecule is O=C(NCCOc1ccc(Cl)cc1)c1cnc(-c2ccccc2)nc1. The van der Waals surface area contributed by atoms with E-state index >= 15 is 0 Å². The second-order valence-corrected chi connectivity index (χ2v) is 5.66. The van der Waals surface area contributed by atoms with Crippen LogP contribution in [0.4, 0.5) is 0 Å². The molecule has 0 fully saturated rings. The Morgan fingerprint density at radius 3 is 2.36 bits per heavy atom. The molecule has 25 heavy (non-hydrogen) atoms. The van der Waals surface area contributed by atoms with Gasteiger partial charge >= 0.3 is 0 Å². The predicted octanol–water partition coefficient (Wildman–Crippen LogP) is 3.61. The van der Waals surface area contributed by atoms with Crippen molar-refractivity contribution in [2.45, 2.75) is 0 Å². The molecule has 1 N–H and O–H groups in total. The van der Waals surface area contributed by atoms with Crippen LogP contribution in [0.25, 0.3) is 11.4 Å². The number of aromatic nitrogens is 2. The van der Waals surface area contributed by atoms with Gasteiger partial charge in [0.05, 0.1) is 12.1 Å². The van der Waals surface area contributed by atoms with Crippen molar-refractivity contribution < 1.29 is 9.53 Å². The Morgan fingerprint density at radius 1 is 1.00 bits per heavy atom. The summed E-state index contributed by atoms with van der Waals surface area (Å²) >= 11 is 5.81. The first kappa shape index (κ1) is 16.9. The molecule has 0 bridgehead atoms. The molecule has 0 saturated heterocycles. The first-order chi connectivity index (χ1) is 12.2. The summed E-state index contributed by atoms with van der Waals surface area (Å²) in [5.41, 5.74) is 1.32. The minimum Gasteiger partial charge on any atom is -0.492 e. The molecule has 6 heteroatoms. The van der Waals surface area contributed by atoms with E-state index in [-0.39, 0.29) is 5.91 Å². The van der Waals surface area contributed by atoms with Crippen LogP contribution in [0.5, 0.6) is 5.75 Å². The maximum Gasteiger partial charge on any atom is 0.254 e. The van der Waals surface area contributed by atoms with Crippen molar-refractivity contribution >= 4 is 17.5 Å². The smallest absolute Gasteiger partial charge is 0.254 e. The largest absolute Gasteiger partial charge is 0.492 e. The normalized spacial score (nSPS) is 10.3. The van der Waals surface area contributed by atoms with Gasteiger partial charge in [0.25, 0.3) is 5.91 Å². The summed E-state index contributed by atoms with van der Waals surface area (Å²) in [7, 11) is 0. The van der Waals surface area contributed by atoms with Gasteiger partial charge in [-0.05, 0) is 24.3 Å². The van der Waals surface area contributed by atoms with Gasteiger partial charge in [-0.1, -0.05) is 41.9 Å². The molecule has 0 aliphatic rings. The van der Waals surface area contributed by atoms with E-state index in [4.69, 9.17) is 16.3 Å². The average molecular weight is 354 g/mol. The monoisotopic (exact) mass is 353 g/mol. The topological polar surface area (TPSA) is 64.1 Å². The molecule has 1 heterocycles. The molecule has 2 aromatic carbocycles. The zero-order valence-corrected chi connectivity index (χ0v) is 14.1. The Bertz CT molecular complexity index is 822. The summed E-state index contributed by atoms with van der Waals surface area (Å²) < 4.78 is 5.52. The Labute approximate surface area is 150 Å². The number of nitrogens with zero attached hydrogens (tertiary/aromatic N) is 2. The number of hydrogen-bond acceptors (Lipinski definition) is 4. The van der Waals surface area contributed by atoms with Crippen LogP contribution in [-0.2, 0) is 0 Å². The maximum atomic E-state index is 12.1. The van der Waals surface area contributed by atoms with E-state index < -0.39 is 0 Å². The summed E-state index contributed by atoms with van der Waals surface area (Å²) in [5.74, 6) is 1.05. The van der Waals surface area contributed by atoms with E-state index in [0.717, 1.165) is 5.56 Å². The van der Waals surface area contributed by atoms with Gasteiger partial charge in [-0.2, -0.15) is 0 Å². The minimum atomic E-state index is -0.237. The van der Waals surface area contributed by atoms with E-state index in [1.54, 1.807) is 24.3 Å². The lowest BCUT2D eigenvalue weighted by atomic mass is 10.2. The molecule has 3 aromatic rings. The molecule has 0 aliphatic carbocycles. The van der Waals surface area contributed by atoms with Crippen molar-refractivity contribution in [1.82, 2.24) is 15.3 Å². The highest BCUT2D eigenvalue weighted by molar-refractivity contribution is 6.30. The number of hydrogen-bond donors (Lipinski definition) is 1. The van der Waals surface area contributed by atoms with Gasteiger partial charge < -0.3 is 10.1 Å². The van der Waals surface area contributed by atoms with Gasteiger partial charge in [0, 0.05) is 23.0 Å². The van der Waals surface area contributed by atoms with Gasteiger partial charge in [-0.25, -0.2) is 9.97 Å². The number of ether oxygens (including phenoxy) is 1. The quantitative estimate of drug-likeness (QED) is 0.688. The maximum absolute atomic E-state index is 12.1. The highest BCUT2D eigenvalue weighted by atomic mass is 35.5. The summed E-state index contributed by atoms with van der Waals surface area (Å²) in [6.07, 6.45) is 3.04. The average Bonchev–Trinajstić information content (AvgIpc) is 2.67. The Hall–Kier alpha value is -2.92. The fourth-order valence-corrected chi connectivity index (χ4v) is 2.27. The molecule has 0 unspecified atom stereocenters. The highest BCUT2D eigenvalue weighted by Crippen LogP contribution is 2.15. The Kier molecular flexibility index (Phi) is 5.59. The molecule has 0 radical (unpaired) electrons. The number of carbonyl (C=O) groups is 1. The van der Waals surface area contributed by atoms with Gasteiger partial charge in [-0.15, -0.1) is 0 Å².